The molecule has 3 heteroatoms. The largest absolute Gasteiger partial charge is 0.374 e. The highest BCUT2D eigenvalue weighted by molar-refractivity contribution is 5.64. The molecule has 0 bridgehead atoms. The summed E-state index contributed by atoms with van der Waals surface area (Å²) < 4.78 is 10.5. The summed E-state index contributed by atoms with van der Waals surface area (Å²) in [5, 5.41) is 0. The Morgan fingerprint density at radius 3 is 2.57 bits per heavy atom. The Hall–Kier alpha value is -1.19. The van der Waals surface area contributed by atoms with Crippen molar-refractivity contribution in [1.82, 2.24) is 0 Å². The molecule has 2 rings (SSSR count). The molecule has 14 heavy (non-hydrogen) atoms. The fourth-order valence-corrected chi connectivity index (χ4v) is 1.29. The predicted octanol–water partition coefficient (Wildman–Crippen LogP) is 1.17. The van der Waals surface area contributed by atoms with Crippen molar-refractivity contribution in [1.29, 1.82) is 0 Å². The molecule has 0 saturated carbocycles. The zero-order valence-electron chi connectivity index (χ0n) is 7.81. The zero-order chi connectivity index (χ0) is 9.86. The Morgan fingerprint density at radius 2 is 2.07 bits per heavy atom. The summed E-state index contributed by atoms with van der Waals surface area (Å²) in [6.07, 6.45) is 0.833. The summed E-state index contributed by atoms with van der Waals surface area (Å²) in [5.74, 6) is 0. The molecule has 3 nitrogen and oxygen atoms in total. The highest BCUT2D eigenvalue weighted by Gasteiger charge is 2.39. The lowest BCUT2D eigenvalue weighted by atomic mass is 10.0. The molecule has 0 aromatic heterocycles. The maximum absolute atomic E-state index is 10.7. The predicted molar refractivity (Wildman–Crippen MR) is 50.8 cm³/mol. The quantitative estimate of drug-likeness (QED) is 0.672. The van der Waals surface area contributed by atoms with Crippen LogP contribution < -0.4 is 0 Å². The van der Waals surface area contributed by atoms with E-state index in [1.165, 1.54) is 0 Å². The molecule has 74 valence electrons. The van der Waals surface area contributed by atoms with Gasteiger partial charge in [0.2, 0.25) is 0 Å². The van der Waals surface area contributed by atoms with Crippen molar-refractivity contribution in [2.45, 2.75) is 12.2 Å². The second-order valence-electron chi connectivity index (χ2n) is 3.45. The molecule has 0 unspecified atom stereocenters. The third kappa shape index (κ3) is 1.84. The second kappa shape index (κ2) is 3.90. The van der Waals surface area contributed by atoms with Crippen LogP contribution in [0.1, 0.15) is 5.56 Å². The Morgan fingerprint density at radius 1 is 1.36 bits per heavy atom. The van der Waals surface area contributed by atoms with Crippen LogP contribution in [0.4, 0.5) is 0 Å². The maximum Gasteiger partial charge on any atom is 0.170 e. The number of aldehydes is 1. The van der Waals surface area contributed by atoms with E-state index in [4.69, 9.17) is 9.47 Å². The molecule has 0 aliphatic carbocycles. The van der Waals surface area contributed by atoms with E-state index < -0.39 is 5.60 Å². The van der Waals surface area contributed by atoms with E-state index in [1.54, 1.807) is 0 Å². The van der Waals surface area contributed by atoms with E-state index in [2.05, 4.69) is 0 Å². The molecular weight excluding hydrogens is 180 g/mol. The van der Waals surface area contributed by atoms with Crippen molar-refractivity contribution in [2.24, 2.45) is 0 Å². The molecule has 1 aromatic carbocycles. The Bertz CT molecular complexity index is 304. The first kappa shape index (κ1) is 9.37. The first-order valence-electron chi connectivity index (χ1n) is 4.57. The first-order valence-corrected chi connectivity index (χ1v) is 4.57. The molecule has 0 amide bonds. The number of carbonyl (C=O) groups excluding carboxylic acids is 1. The highest BCUT2D eigenvalue weighted by atomic mass is 16.6. The van der Waals surface area contributed by atoms with E-state index in [-0.39, 0.29) is 0 Å². The zero-order valence-corrected chi connectivity index (χ0v) is 7.81. The van der Waals surface area contributed by atoms with Crippen LogP contribution in [0.3, 0.4) is 0 Å². The van der Waals surface area contributed by atoms with Gasteiger partial charge >= 0.3 is 0 Å². The third-order valence-electron chi connectivity index (χ3n) is 2.28. The lowest BCUT2D eigenvalue weighted by molar-refractivity contribution is -0.203. The average molecular weight is 192 g/mol. The van der Waals surface area contributed by atoms with E-state index in [0.29, 0.717) is 19.8 Å². The van der Waals surface area contributed by atoms with Gasteiger partial charge in [0.15, 0.2) is 11.9 Å². The van der Waals surface area contributed by atoms with Crippen LogP contribution in [-0.4, -0.2) is 25.1 Å². The average Bonchev–Trinajstić information content (AvgIpc) is 2.19. The van der Waals surface area contributed by atoms with Crippen LogP contribution in [0, 0.1) is 0 Å². The van der Waals surface area contributed by atoms with Crippen molar-refractivity contribution in [3.05, 3.63) is 35.9 Å². The molecule has 0 atom stereocenters. The molecule has 1 heterocycles. The van der Waals surface area contributed by atoms with Gasteiger partial charge in [0.1, 0.15) is 0 Å². The molecule has 0 N–H and O–H groups in total. The van der Waals surface area contributed by atoms with Gasteiger partial charge in [0, 0.05) is 0 Å². The molecule has 1 fully saturated rings. The highest BCUT2D eigenvalue weighted by Crippen LogP contribution is 2.20. The van der Waals surface area contributed by atoms with Crippen molar-refractivity contribution >= 4 is 6.29 Å². The molecule has 0 radical (unpaired) electrons. The third-order valence-corrected chi connectivity index (χ3v) is 2.28. The normalized spacial score (nSPS) is 18.6. The molecular formula is C11H12O3. The monoisotopic (exact) mass is 192 g/mol. The standard InChI is InChI=1S/C11H12O3/c12-7-11(8-13-9-11)14-6-10-4-2-1-3-5-10/h1-5,7H,6,8-9H2. The van der Waals surface area contributed by atoms with Gasteiger partial charge in [-0.05, 0) is 5.56 Å². The van der Waals surface area contributed by atoms with Gasteiger partial charge in [0.05, 0.1) is 19.8 Å². The van der Waals surface area contributed by atoms with Crippen molar-refractivity contribution in [3.8, 4) is 0 Å². The van der Waals surface area contributed by atoms with E-state index >= 15 is 0 Å². The number of carbonyl (C=O) groups is 1. The topological polar surface area (TPSA) is 35.5 Å². The molecule has 0 spiro atoms. The van der Waals surface area contributed by atoms with E-state index in [9.17, 15) is 4.79 Å². The summed E-state index contributed by atoms with van der Waals surface area (Å²) in [4.78, 5) is 10.7. The summed E-state index contributed by atoms with van der Waals surface area (Å²) in [6.45, 7) is 1.22. The van der Waals surface area contributed by atoms with Crippen LogP contribution in [-0.2, 0) is 20.9 Å². The van der Waals surface area contributed by atoms with Gasteiger partial charge in [-0.2, -0.15) is 0 Å². The van der Waals surface area contributed by atoms with E-state index in [1.807, 2.05) is 30.3 Å². The van der Waals surface area contributed by atoms with Crippen LogP contribution >= 0.6 is 0 Å². The lowest BCUT2D eigenvalue weighted by Crippen LogP contribution is -2.53. The minimum absolute atomic E-state index is 0.378. The fourth-order valence-electron chi connectivity index (χ4n) is 1.29. The van der Waals surface area contributed by atoms with Crippen molar-refractivity contribution in [3.63, 3.8) is 0 Å². The maximum atomic E-state index is 10.7. The van der Waals surface area contributed by atoms with Crippen LogP contribution in [0.25, 0.3) is 0 Å². The van der Waals surface area contributed by atoms with Gasteiger partial charge in [-0.3, -0.25) is 4.79 Å². The number of hydrogen-bond acceptors (Lipinski definition) is 3. The van der Waals surface area contributed by atoms with Gasteiger partial charge in [-0.1, -0.05) is 30.3 Å². The van der Waals surface area contributed by atoms with Gasteiger partial charge in [-0.15, -0.1) is 0 Å². The number of ether oxygens (including phenoxy) is 2. The van der Waals surface area contributed by atoms with Crippen molar-refractivity contribution < 1.29 is 14.3 Å². The Kier molecular flexibility index (Phi) is 2.61. The molecule has 1 saturated heterocycles. The van der Waals surface area contributed by atoms with Crippen LogP contribution in [0.2, 0.25) is 0 Å². The van der Waals surface area contributed by atoms with E-state index in [0.717, 1.165) is 11.8 Å². The SMILES string of the molecule is O=CC1(OCc2ccccc2)COC1. The van der Waals surface area contributed by atoms with Gasteiger partial charge in [0.25, 0.3) is 0 Å². The minimum atomic E-state index is -0.685. The molecule has 1 aliphatic heterocycles. The van der Waals surface area contributed by atoms with Crippen LogP contribution in [0.5, 0.6) is 0 Å². The molecule has 1 aliphatic rings. The second-order valence-corrected chi connectivity index (χ2v) is 3.45. The van der Waals surface area contributed by atoms with Crippen LogP contribution in [0.15, 0.2) is 30.3 Å². The fraction of sp³-hybridized carbons (Fsp3) is 0.364. The summed E-state index contributed by atoms with van der Waals surface area (Å²) in [5.41, 5.74) is 0.385. The smallest absolute Gasteiger partial charge is 0.170 e. The Balaban J connectivity index is 1.91. The summed E-state index contributed by atoms with van der Waals surface area (Å²) in [6, 6.07) is 9.79. The Labute approximate surface area is 82.6 Å². The van der Waals surface area contributed by atoms with Gasteiger partial charge in [-0.25, -0.2) is 0 Å². The van der Waals surface area contributed by atoms with Crippen molar-refractivity contribution in [2.75, 3.05) is 13.2 Å². The van der Waals surface area contributed by atoms with Gasteiger partial charge < -0.3 is 9.47 Å². The summed E-state index contributed by atoms with van der Waals surface area (Å²) >= 11 is 0. The number of benzene rings is 1. The number of hydrogen-bond donors (Lipinski definition) is 0. The number of rotatable bonds is 4. The summed E-state index contributed by atoms with van der Waals surface area (Å²) in [7, 11) is 0. The minimum Gasteiger partial charge on any atom is -0.374 e. The lowest BCUT2D eigenvalue weighted by Gasteiger charge is -2.36. The first-order chi connectivity index (χ1) is 6.85. The molecule has 1 aromatic rings.